The van der Waals surface area contributed by atoms with Gasteiger partial charge in [0, 0.05) is 10.4 Å². The van der Waals surface area contributed by atoms with Crippen molar-refractivity contribution >= 4 is 32.0 Å². The lowest BCUT2D eigenvalue weighted by atomic mass is 9.98. The number of rotatable bonds is 5. The Hall–Kier alpha value is -2.68. The van der Waals surface area contributed by atoms with Crippen molar-refractivity contribution in [1.82, 2.24) is 5.32 Å². The average Bonchev–Trinajstić information content (AvgIpc) is 3.05. The van der Waals surface area contributed by atoms with Crippen LogP contribution in [0.15, 0.2) is 76.1 Å². The fraction of sp³-hybridized carbons (Fsp3) is 0.174. The van der Waals surface area contributed by atoms with Crippen molar-refractivity contribution < 1.29 is 17.9 Å². The molecular formula is C23H21BrN2O4S. The van der Waals surface area contributed by atoms with E-state index < -0.39 is 22.2 Å². The molecular weight excluding hydrogens is 480 g/mol. The molecule has 160 valence electrons. The first-order valence-electron chi connectivity index (χ1n) is 9.69. The predicted octanol–water partition coefficient (Wildman–Crippen LogP) is 4.70. The summed E-state index contributed by atoms with van der Waals surface area (Å²) >= 11 is 3.39. The predicted molar refractivity (Wildman–Crippen MR) is 122 cm³/mol. The van der Waals surface area contributed by atoms with Crippen molar-refractivity contribution in [1.29, 1.82) is 0 Å². The maximum Gasteiger partial charge on any atom is 0.407 e. The van der Waals surface area contributed by atoms with Crippen LogP contribution >= 0.6 is 15.9 Å². The minimum atomic E-state index is -3.85. The van der Waals surface area contributed by atoms with Crippen molar-refractivity contribution in [3.63, 3.8) is 0 Å². The number of nitrogens with two attached hydrogens (primary N) is 1. The molecule has 1 aliphatic rings. The Balaban J connectivity index is 1.47. The molecule has 3 aromatic rings. The van der Waals surface area contributed by atoms with Gasteiger partial charge >= 0.3 is 6.09 Å². The molecule has 0 saturated heterocycles. The molecule has 0 bridgehead atoms. The number of hydrogen-bond donors (Lipinski definition) is 2. The van der Waals surface area contributed by atoms with Crippen LogP contribution in [0.2, 0.25) is 0 Å². The van der Waals surface area contributed by atoms with Gasteiger partial charge in [-0.1, -0.05) is 64.5 Å². The number of hydrogen-bond acceptors (Lipinski definition) is 4. The fourth-order valence-electron chi connectivity index (χ4n) is 3.93. The number of primary sulfonamides is 1. The fourth-order valence-corrected chi connectivity index (χ4v) is 5.06. The zero-order chi connectivity index (χ0) is 22.2. The van der Waals surface area contributed by atoms with Crippen LogP contribution in [0, 0.1) is 0 Å². The second kappa shape index (κ2) is 8.45. The Morgan fingerprint density at radius 1 is 1.06 bits per heavy atom. The van der Waals surface area contributed by atoms with Crippen LogP contribution in [0.3, 0.4) is 0 Å². The maximum absolute atomic E-state index is 12.5. The second-order valence-corrected chi connectivity index (χ2v) is 9.84. The van der Waals surface area contributed by atoms with Gasteiger partial charge in [0.15, 0.2) is 0 Å². The molecule has 3 aromatic carbocycles. The number of carbonyl (C=O) groups is 1. The molecule has 31 heavy (non-hydrogen) atoms. The first kappa shape index (κ1) is 21.5. The monoisotopic (exact) mass is 500 g/mol. The zero-order valence-corrected chi connectivity index (χ0v) is 19.1. The van der Waals surface area contributed by atoms with Gasteiger partial charge in [-0.05, 0) is 52.9 Å². The second-order valence-electron chi connectivity index (χ2n) is 7.42. The van der Waals surface area contributed by atoms with E-state index in [1.54, 1.807) is 13.0 Å². The SMILES string of the molecule is C[C@@H](NC(=O)OCC1c2ccccc2-c2ccccc21)c1cc(S(N)(=O)=O)ccc1Br. The van der Waals surface area contributed by atoms with Crippen molar-refractivity contribution in [3.8, 4) is 11.1 Å². The summed E-state index contributed by atoms with van der Waals surface area (Å²) < 4.78 is 29.5. The molecule has 8 heteroatoms. The molecule has 0 unspecified atom stereocenters. The van der Waals surface area contributed by atoms with E-state index in [-0.39, 0.29) is 17.4 Å². The van der Waals surface area contributed by atoms with Gasteiger partial charge < -0.3 is 10.1 Å². The molecule has 3 N–H and O–H groups in total. The third kappa shape index (κ3) is 4.37. The van der Waals surface area contributed by atoms with Gasteiger partial charge in [0.2, 0.25) is 10.0 Å². The number of sulfonamides is 1. The molecule has 0 heterocycles. The quantitative estimate of drug-likeness (QED) is 0.530. The normalized spacial score (nSPS) is 13.9. The molecule has 1 amide bonds. The lowest BCUT2D eigenvalue weighted by Crippen LogP contribution is -2.29. The number of amides is 1. The molecule has 0 aromatic heterocycles. The van der Waals surface area contributed by atoms with Crippen LogP contribution in [-0.4, -0.2) is 21.1 Å². The van der Waals surface area contributed by atoms with E-state index in [4.69, 9.17) is 9.88 Å². The zero-order valence-electron chi connectivity index (χ0n) is 16.7. The summed E-state index contributed by atoms with van der Waals surface area (Å²) in [6, 6.07) is 20.2. The summed E-state index contributed by atoms with van der Waals surface area (Å²) in [7, 11) is -3.85. The number of nitrogens with one attached hydrogen (secondary N) is 1. The molecule has 1 atom stereocenters. The number of benzene rings is 3. The van der Waals surface area contributed by atoms with E-state index in [2.05, 4.69) is 45.5 Å². The largest absolute Gasteiger partial charge is 0.449 e. The van der Waals surface area contributed by atoms with E-state index >= 15 is 0 Å². The minimum Gasteiger partial charge on any atom is -0.449 e. The third-order valence-electron chi connectivity index (χ3n) is 5.44. The number of ether oxygens (including phenoxy) is 1. The summed E-state index contributed by atoms with van der Waals surface area (Å²) in [4.78, 5) is 12.5. The third-order valence-corrected chi connectivity index (χ3v) is 7.07. The van der Waals surface area contributed by atoms with E-state index in [0.29, 0.717) is 10.0 Å². The highest BCUT2D eigenvalue weighted by molar-refractivity contribution is 9.10. The van der Waals surface area contributed by atoms with Gasteiger partial charge in [-0.3, -0.25) is 0 Å². The first-order valence-corrected chi connectivity index (χ1v) is 12.0. The molecule has 6 nitrogen and oxygen atoms in total. The smallest absolute Gasteiger partial charge is 0.407 e. The van der Waals surface area contributed by atoms with Crippen molar-refractivity contribution in [3.05, 3.63) is 87.9 Å². The van der Waals surface area contributed by atoms with Gasteiger partial charge in [0.1, 0.15) is 6.61 Å². The summed E-state index contributed by atoms with van der Waals surface area (Å²) in [5.74, 6) is -0.0362. The molecule has 0 saturated carbocycles. The Bertz CT molecular complexity index is 1210. The molecule has 1 aliphatic carbocycles. The number of alkyl carbamates (subject to hydrolysis) is 1. The Labute approximate surface area is 189 Å². The van der Waals surface area contributed by atoms with Crippen LogP contribution in [0.1, 0.15) is 35.6 Å². The first-order chi connectivity index (χ1) is 14.8. The highest BCUT2D eigenvalue weighted by Crippen LogP contribution is 2.44. The molecule has 0 aliphatic heterocycles. The van der Waals surface area contributed by atoms with Crippen LogP contribution < -0.4 is 10.5 Å². The molecule has 0 spiro atoms. The minimum absolute atomic E-state index is 0.0214. The van der Waals surface area contributed by atoms with E-state index in [0.717, 1.165) is 22.3 Å². The van der Waals surface area contributed by atoms with Crippen LogP contribution in [0.25, 0.3) is 11.1 Å². The highest BCUT2D eigenvalue weighted by Gasteiger charge is 2.29. The Kier molecular flexibility index (Phi) is 5.88. The molecule has 0 radical (unpaired) electrons. The number of fused-ring (bicyclic) bond motifs is 3. The summed E-state index contributed by atoms with van der Waals surface area (Å²) in [6.45, 7) is 1.94. The maximum atomic E-state index is 12.5. The number of carbonyl (C=O) groups excluding carboxylic acids is 1. The van der Waals surface area contributed by atoms with Crippen LogP contribution in [0.5, 0.6) is 0 Å². The van der Waals surface area contributed by atoms with Crippen molar-refractivity contribution in [2.45, 2.75) is 23.8 Å². The van der Waals surface area contributed by atoms with E-state index in [1.165, 1.54) is 12.1 Å². The van der Waals surface area contributed by atoms with Gasteiger partial charge in [0.25, 0.3) is 0 Å². The molecule has 4 rings (SSSR count). The average molecular weight is 501 g/mol. The summed E-state index contributed by atoms with van der Waals surface area (Å²) in [5, 5.41) is 7.98. The highest BCUT2D eigenvalue weighted by atomic mass is 79.9. The van der Waals surface area contributed by atoms with Crippen molar-refractivity contribution in [2.75, 3.05) is 6.61 Å². The number of halogens is 1. The molecule has 0 fully saturated rings. The lowest BCUT2D eigenvalue weighted by Gasteiger charge is -2.18. The summed E-state index contributed by atoms with van der Waals surface area (Å²) in [6.07, 6.45) is -0.581. The lowest BCUT2D eigenvalue weighted by molar-refractivity contribution is 0.139. The van der Waals surface area contributed by atoms with Gasteiger partial charge in [-0.2, -0.15) is 0 Å². The van der Waals surface area contributed by atoms with Gasteiger partial charge in [0.05, 0.1) is 10.9 Å². The summed E-state index contributed by atoms with van der Waals surface area (Å²) in [5.41, 5.74) is 5.16. The topological polar surface area (TPSA) is 98.5 Å². The van der Waals surface area contributed by atoms with Crippen LogP contribution in [0.4, 0.5) is 4.79 Å². The van der Waals surface area contributed by atoms with Gasteiger partial charge in [-0.15, -0.1) is 0 Å². The standard InChI is InChI=1S/C23H21BrN2O4S/c1-14(20-12-15(31(25,28)29)10-11-22(20)24)26-23(27)30-13-21-18-8-4-2-6-16(18)17-7-3-5-9-19(17)21/h2-12,14,21H,13H2,1H3,(H,26,27)(H2,25,28,29)/t14-/m1/s1. The van der Waals surface area contributed by atoms with Gasteiger partial charge in [-0.25, -0.2) is 18.4 Å². The van der Waals surface area contributed by atoms with E-state index in [1.807, 2.05) is 24.3 Å². The Morgan fingerprint density at radius 3 is 2.23 bits per heavy atom. The van der Waals surface area contributed by atoms with Crippen molar-refractivity contribution in [2.24, 2.45) is 5.14 Å². The Morgan fingerprint density at radius 2 is 1.65 bits per heavy atom. The van der Waals surface area contributed by atoms with Crippen LogP contribution in [-0.2, 0) is 14.8 Å². The van der Waals surface area contributed by atoms with E-state index in [9.17, 15) is 13.2 Å².